The third-order valence-corrected chi connectivity index (χ3v) is 6.32. The van der Waals surface area contributed by atoms with Crippen LogP contribution in [0.1, 0.15) is 17.4 Å². The standard InChI is InChI=1S/C24H23F2N7O2/c1-13-11-32(12-17(13)27)22-14-10-28-31(2)20(14)8-6-18(22)29-24(35)19-7-9-21(34)33(30-19)23-15(25)4-3-5-16(23)26/h3-10,13,17H,11-12,27H2,1-2H3,(H,29,35)/t13-,17-/m0/s1. The Bertz CT molecular complexity index is 1480. The first-order valence-electron chi connectivity index (χ1n) is 11.1. The van der Waals surface area contributed by atoms with Gasteiger partial charge < -0.3 is 16.0 Å². The van der Waals surface area contributed by atoms with Crippen LogP contribution in [0, 0.1) is 17.6 Å². The normalized spacial score (nSPS) is 17.8. The van der Waals surface area contributed by atoms with Gasteiger partial charge in [0.25, 0.3) is 11.5 Å². The summed E-state index contributed by atoms with van der Waals surface area (Å²) in [6.45, 7) is 3.38. The molecule has 1 aliphatic heterocycles. The second-order valence-electron chi connectivity index (χ2n) is 8.70. The van der Waals surface area contributed by atoms with Gasteiger partial charge in [0.05, 0.1) is 23.1 Å². The molecule has 0 unspecified atom stereocenters. The van der Waals surface area contributed by atoms with Crippen molar-refractivity contribution in [3.8, 4) is 5.69 Å². The Labute approximate surface area is 198 Å². The number of aryl methyl sites for hydroxylation is 1. The van der Waals surface area contributed by atoms with E-state index in [1.165, 1.54) is 12.1 Å². The van der Waals surface area contributed by atoms with Gasteiger partial charge in [0.15, 0.2) is 11.6 Å². The van der Waals surface area contributed by atoms with Gasteiger partial charge in [-0.2, -0.15) is 14.9 Å². The first-order valence-corrected chi connectivity index (χ1v) is 11.1. The van der Waals surface area contributed by atoms with Crippen molar-refractivity contribution in [3.05, 3.63) is 76.3 Å². The molecule has 1 fully saturated rings. The Morgan fingerprint density at radius 1 is 1.09 bits per heavy atom. The lowest BCUT2D eigenvalue weighted by Gasteiger charge is -2.23. The van der Waals surface area contributed by atoms with Gasteiger partial charge in [-0.05, 0) is 36.2 Å². The Balaban J connectivity index is 1.55. The van der Waals surface area contributed by atoms with Crippen LogP contribution in [-0.4, -0.2) is 44.6 Å². The summed E-state index contributed by atoms with van der Waals surface area (Å²) in [5.74, 6) is -2.33. The summed E-state index contributed by atoms with van der Waals surface area (Å²) >= 11 is 0. The highest BCUT2D eigenvalue weighted by molar-refractivity contribution is 6.08. The molecule has 2 atom stereocenters. The molecule has 2 aromatic heterocycles. The Hall–Kier alpha value is -4.12. The van der Waals surface area contributed by atoms with Gasteiger partial charge in [-0.3, -0.25) is 14.3 Å². The van der Waals surface area contributed by atoms with Gasteiger partial charge >= 0.3 is 0 Å². The molecule has 180 valence electrons. The molecular weight excluding hydrogens is 456 g/mol. The molecule has 3 N–H and O–H groups in total. The van der Waals surface area contributed by atoms with Gasteiger partial charge in [0, 0.05) is 37.6 Å². The lowest BCUT2D eigenvalue weighted by atomic mass is 10.1. The van der Waals surface area contributed by atoms with Crippen molar-refractivity contribution in [1.82, 2.24) is 19.6 Å². The summed E-state index contributed by atoms with van der Waals surface area (Å²) in [7, 11) is 1.83. The van der Waals surface area contributed by atoms with Crippen LogP contribution in [0.4, 0.5) is 20.2 Å². The molecule has 2 aromatic carbocycles. The number of anilines is 2. The quantitative estimate of drug-likeness (QED) is 0.465. The van der Waals surface area contributed by atoms with Gasteiger partial charge in [0.2, 0.25) is 0 Å². The topological polar surface area (TPSA) is 111 Å². The third-order valence-electron chi connectivity index (χ3n) is 6.32. The molecule has 0 aliphatic carbocycles. The minimum absolute atomic E-state index is 0.0219. The van der Waals surface area contributed by atoms with E-state index >= 15 is 0 Å². The molecule has 9 nitrogen and oxygen atoms in total. The summed E-state index contributed by atoms with van der Waals surface area (Å²) < 4.78 is 30.8. The first-order chi connectivity index (χ1) is 16.7. The Morgan fingerprint density at radius 2 is 1.83 bits per heavy atom. The van der Waals surface area contributed by atoms with Crippen molar-refractivity contribution < 1.29 is 13.6 Å². The number of hydrogen-bond acceptors (Lipinski definition) is 6. The summed E-state index contributed by atoms with van der Waals surface area (Å²) in [6.07, 6.45) is 1.73. The summed E-state index contributed by atoms with van der Waals surface area (Å²) in [5.41, 5.74) is 6.81. The molecule has 3 heterocycles. The Kier molecular flexibility index (Phi) is 5.56. The zero-order valence-electron chi connectivity index (χ0n) is 19.1. The number of nitrogens with zero attached hydrogens (tertiary/aromatic N) is 5. The average molecular weight is 479 g/mol. The van der Waals surface area contributed by atoms with E-state index in [1.54, 1.807) is 16.9 Å². The maximum atomic E-state index is 14.3. The number of fused-ring (bicyclic) bond motifs is 1. The molecular formula is C24H23F2N7O2. The van der Waals surface area contributed by atoms with Crippen LogP contribution in [0.3, 0.4) is 0 Å². The number of carbonyl (C=O) groups is 1. The fraction of sp³-hybridized carbons (Fsp3) is 0.250. The maximum Gasteiger partial charge on any atom is 0.276 e. The van der Waals surface area contributed by atoms with Crippen LogP contribution in [-0.2, 0) is 7.05 Å². The molecule has 35 heavy (non-hydrogen) atoms. The van der Waals surface area contributed by atoms with E-state index in [2.05, 4.69) is 27.3 Å². The highest BCUT2D eigenvalue weighted by Crippen LogP contribution is 2.37. The minimum Gasteiger partial charge on any atom is -0.367 e. The van der Waals surface area contributed by atoms with Crippen LogP contribution >= 0.6 is 0 Å². The molecule has 4 aromatic rings. The highest BCUT2D eigenvalue weighted by Gasteiger charge is 2.30. The number of aromatic nitrogens is 4. The van der Waals surface area contributed by atoms with Crippen LogP contribution < -0.4 is 21.5 Å². The molecule has 0 bridgehead atoms. The van der Waals surface area contributed by atoms with Crippen LogP contribution in [0.5, 0.6) is 0 Å². The molecule has 5 rings (SSSR count). The predicted octanol–water partition coefficient (Wildman–Crippen LogP) is 2.43. The van der Waals surface area contributed by atoms with Crippen molar-refractivity contribution in [2.24, 2.45) is 18.7 Å². The summed E-state index contributed by atoms with van der Waals surface area (Å²) in [6, 6.07) is 9.03. The number of carbonyl (C=O) groups excluding carboxylic acids is 1. The van der Waals surface area contributed by atoms with Crippen LogP contribution in [0.15, 0.2) is 53.5 Å². The zero-order chi connectivity index (χ0) is 24.9. The maximum absolute atomic E-state index is 14.3. The largest absolute Gasteiger partial charge is 0.367 e. The lowest BCUT2D eigenvalue weighted by molar-refractivity contribution is 0.102. The zero-order valence-corrected chi connectivity index (χ0v) is 19.1. The lowest BCUT2D eigenvalue weighted by Crippen LogP contribution is -2.29. The van der Waals surface area contributed by atoms with Crippen molar-refractivity contribution in [2.75, 3.05) is 23.3 Å². The van der Waals surface area contributed by atoms with Crippen LogP contribution in [0.25, 0.3) is 16.6 Å². The average Bonchev–Trinajstić information content (AvgIpc) is 3.36. The fourth-order valence-corrected chi connectivity index (χ4v) is 4.40. The number of rotatable bonds is 4. The third kappa shape index (κ3) is 3.93. The number of nitrogens with two attached hydrogens (primary N) is 1. The Morgan fingerprint density at radius 3 is 2.51 bits per heavy atom. The first kappa shape index (κ1) is 22.7. The van der Waals surface area contributed by atoms with E-state index in [0.29, 0.717) is 23.5 Å². The molecule has 0 radical (unpaired) electrons. The van der Waals surface area contributed by atoms with Crippen LogP contribution in [0.2, 0.25) is 0 Å². The number of nitrogens with one attached hydrogen (secondary N) is 1. The van der Waals surface area contributed by atoms with Gasteiger partial charge in [-0.1, -0.05) is 13.0 Å². The van der Waals surface area contributed by atoms with Gasteiger partial charge in [0.1, 0.15) is 11.4 Å². The van der Waals surface area contributed by atoms with E-state index in [0.717, 1.165) is 34.8 Å². The molecule has 0 spiro atoms. The van der Waals surface area contributed by atoms with Crippen molar-refractivity contribution in [1.29, 1.82) is 0 Å². The van der Waals surface area contributed by atoms with E-state index in [1.807, 2.05) is 13.1 Å². The SMILES string of the molecule is C[C@H]1CN(c2c(NC(=O)c3ccc(=O)n(-c4c(F)cccc4F)n3)ccc3c2cnn3C)C[C@@H]1N. The van der Waals surface area contributed by atoms with Crippen molar-refractivity contribution >= 4 is 28.2 Å². The molecule has 0 saturated carbocycles. The van der Waals surface area contributed by atoms with Crippen molar-refractivity contribution in [3.63, 3.8) is 0 Å². The number of benzene rings is 2. The summed E-state index contributed by atoms with van der Waals surface area (Å²) in [5, 5.41) is 12.0. The van der Waals surface area contributed by atoms with E-state index in [-0.39, 0.29) is 17.7 Å². The van der Waals surface area contributed by atoms with Gasteiger partial charge in [-0.15, -0.1) is 0 Å². The second-order valence-corrected chi connectivity index (χ2v) is 8.70. The van der Waals surface area contributed by atoms with Crippen molar-refractivity contribution in [2.45, 2.75) is 13.0 Å². The highest BCUT2D eigenvalue weighted by atomic mass is 19.1. The monoisotopic (exact) mass is 479 g/mol. The van der Waals surface area contributed by atoms with E-state index in [4.69, 9.17) is 5.73 Å². The molecule has 1 aliphatic rings. The fourth-order valence-electron chi connectivity index (χ4n) is 4.40. The van der Waals surface area contributed by atoms with Gasteiger partial charge in [-0.25, -0.2) is 8.78 Å². The smallest absolute Gasteiger partial charge is 0.276 e. The molecule has 11 heteroatoms. The number of hydrogen-bond donors (Lipinski definition) is 2. The number of halogens is 2. The summed E-state index contributed by atoms with van der Waals surface area (Å²) in [4.78, 5) is 27.6. The molecule has 1 amide bonds. The predicted molar refractivity (Wildman–Crippen MR) is 128 cm³/mol. The number of amides is 1. The van der Waals surface area contributed by atoms with E-state index < -0.39 is 28.8 Å². The minimum atomic E-state index is -0.971. The van der Waals surface area contributed by atoms with E-state index in [9.17, 15) is 18.4 Å². The number of para-hydroxylation sites is 1. The second kappa shape index (κ2) is 8.58. The molecule has 1 saturated heterocycles.